The van der Waals surface area contributed by atoms with Crippen LogP contribution >= 0.6 is 0 Å². The third-order valence-electron chi connectivity index (χ3n) is 3.52. The van der Waals surface area contributed by atoms with Gasteiger partial charge in [-0.2, -0.15) is 4.31 Å². The van der Waals surface area contributed by atoms with Crippen LogP contribution in [-0.4, -0.2) is 62.2 Å². The molecule has 1 aliphatic heterocycles. The molecule has 1 aromatic rings. The van der Waals surface area contributed by atoms with Gasteiger partial charge in [-0.15, -0.1) is 0 Å². The zero-order valence-corrected chi connectivity index (χ0v) is 14.0. The highest BCUT2D eigenvalue weighted by molar-refractivity contribution is 7.89. The SMILES string of the molecule is C[C@@H]1CN(S(=O)(=O)c2cccc(C(=O)NCCO)c2)C[C@@H](C)O1. The molecule has 23 heavy (non-hydrogen) atoms. The fourth-order valence-electron chi connectivity index (χ4n) is 2.55. The topological polar surface area (TPSA) is 95.9 Å². The van der Waals surface area contributed by atoms with Gasteiger partial charge in [0.2, 0.25) is 10.0 Å². The fourth-order valence-corrected chi connectivity index (χ4v) is 4.18. The monoisotopic (exact) mass is 342 g/mol. The molecule has 2 N–H and O–H groups in total. The van der Waals surface area contributed by atoms with E-state index in [1.54, 1.807) is 0 Å². The van der Waals surface area contributed by atoms with E-state index in [9.17, 15) is 13.2 Å². The highest BCUT2D eigenvalue weighted by Gasteiger charge is 2.32. The van der Waals surface area contributed by atoms with Crippen LogP contribution in [0, 0.1) is 0 Å². The Bertz CT molecular complexity index is 652. The first kappa shape index (κ1) is 17.9. The molecule has 1 heterocycles. The maximum absolute atomic E-state index is 12.8. The lowest BCUT2D eigenvalue weighted by atomic mass is 10.2. The molecule has 2 atom stereocenters. The number of rotatable bonds is 5. The summed E-state index contributed by atoms with van der Waals surface area (Å²) in [6.07, 6.45) is -0.353. The molecule has 0 unspecified atom stereocenters. The first-order chi connectivity index (χ1) is 10.8. The minimum absolute atomic E-state index is 0.0791. The summed E-state index contributed by atoms with van der Waals surface area (Å²) >= 11 is 0. The molecule has 0 radical (unpaired) electrons. The molecule has 8 heteroatoms. The molecular weight excluding hydrogens is 320 g/mol. The Hall–Kier alpha value is -1.48. The number of carbonyl (C=O) groups excluding carboxylic acids is 1. The summed E-state index contributed by atoms with van der Waals surface area (Å²) in [5.41, 5.74) is 0.244. The molecule has 7 nitrogen and oxygen atoms in total. The smallest absolute Gasteiger partial charge is 0.251 e. The van der Waals surface area contributed by atoms with Gasteiger partial charge in [0.05, 0.1) is 23.7 Å². The first-order valence-electron chi connectivity index (χ1n) is 7.49. The molecule has 128 valence electrons. The second-order valence-electron chi connectivity index (χ2n) is 5.59. The van der Waals surface area contributed by atoms with Crippen LogP contribution in [0.3, 0.4) is 0 Å². The van der Waals surface area contributed by atoms with Crippen molar-refractivity contribution in [3.63, 3.8) is 0 Å². The molecule has 0 aliphatic carbocycles. The number of nitrogens with zero attached hydrogens (tertiary/aromatic N) is 1. The molecule has 0 bridgehead atoms. The van der Waals surface area contributed by atoms with Crippen molar-refractivity contribution in [1.82, 2.24) is 9.62 Å². The second-order valence-corrected chi connectivity index (χ2v) is 7.52. The summed E-state index contributed by atoms with van der Waals surface area (Å²) in [5, 5.41) is 11.2. The number of ether oxygens (including phenoxy) is 1. The van der Waals surface area contributed by atoms with Crippen molar-refractivity contribution in [3.05, 3.63) is 29.8 Å². The van der Waals surface area contributed by atoms with Gasteiger partial charge in [-0.3, -0.25) is 4.79 Å². The summed E-state index contributed by atoms with van der Waals surface area (Å²) in [5.74, 6) is -0.417. The van der Waals surface area contributed by atoms with Gasteiger partial charge in [0.25, 0.3) is 5.91 Å². The molecule has 0 spiro atoms. The van der Waals surface area contributed by atoms with E-state index in [1.807, 2.05) is 13.8 Å². The lowest BCUT2D eigenvalue weighted by molar-refractivity contribution is -0.0440. The molecule has 1 fully saturated rings. The van der Waals surface area contributed by atoms with Crippen LogP contribution in [0.25, 0.3) is 0 Å². The maximum Gasteiger partial charge on any atom is 0.251 e. The van der Waals surface area contributed by atoms with Gasteiger partial charge in [0, 0.05) is 25.2 Å². The highest BCUT2D eigenvalue weighted by atomic mass is 32.2. The Balaban J connectivity index is 2.24. The third kappa shape index (κ3) is 4.29. The van der Waals surface area contributed by atoms with Crippen molar-refractivity contribution in [2.45, 2.75) is 31.0 Å². The van der Waals surface area contributed by atoms with Gasteiger partial charge in [0.15, 0.2) is 0 Å². The first-order valence-corrected chi connectivity index (χ1v) is 8.93. The number of aliphatic hydroxyl groups excluding tert-OH is 1. The van der Waals surface area contributed by atoms with E-state index in [-0.39, 0.29) is 48.9 Å². The number of hydrogen-bond acceptors (Lipinski definition) is 5. The van der Waals surface area contributed by atoms with Crippen LogP contribution in [0.4, 0.5) is 0 Å². The molecule has 0 saturated carbocycles. The van der Waals surface area contributed by atoms with Crippen LogP contribution < -0.4 is 5.32 Å². The van der Waals surface area contributed by atoms with Gasteiger partial charge in [0.1, 0.15) is 0 Å². The van der Waals surface area contributed by atoms with Gasteiger partial charge in [-0.05, 0) is 32.0 Å². The van der Waals surface area contributed by atoms with E-state index in [2.05, 4.69) is 5.32 Å². The van der Waals surface area contributed by atoms with E-state index in [4.69, 9.17) is 9.84 Å². The highest BCUT2D eigenvalue weighted by Crippen LogP contribution is 2.21. The quantitative estimate of drug-likeness (QED) is 0.797. The molecule has 1 aromatic carbocycles. The Kier molecular flexibility index (Phi) is 5.74. The van der Waals surface area contributed by atoms with Gasteiger partial charge in [-0.1, -0.05) is 6.07 Å². The van der Waals surface area contributed by atoms with E-state index < -0.39 is 15.9 Å². The van der Waals surface area contributed by atoms with Gasteiger partial charge < -0.3 is 15.2 Å². The molecular formula is C15H22N2O5S. The second kappa shape index (κ2) is 7.39. The predicted molar refractivity (Wildman–Crippen MR) is 84.6 cm³/mol. The summed E-state index contributed by atoms with van der Waals surface area (Å²) in [6, 6.07) is 5.90. The summed E-state index contributed by atoms with van der Waals surface area (Å²) in [4.78, 5) is 12.0. The Morgan fingerprint density at radius 1 is 1.35 bits per heavy atom. The average Bonchev–Trinajstić information content (AvgIpc) is 2.51. The number of morpholine rings is 1. The van der Waals surface area contributed by atoms with Crippen molar-refractivity contribution in [2.24, 2.45) is 0 Å². The van der Waals surface area contributed by atoms with Crippen molar-refractivity contribution < 1.29 is 23.1 Å². The number of carbonyl (C=O) groups is 1. The molecule has 2 rings (SSSR count). The van der Waals surface area contributed by atoms with Crippen LogP contribution in [0.2, 0.25) is 0 Å². The van der Waals surface area contributed by atoms with Crippen LogP contribution in [0.5, 0.6) is 0 Å². The number of hydrogen-bond donors (Lipinski definition) is 2. The average molecular weight is 342 g/mol. The molecule has 1 aliphatic rings. The Morgan fingerprint density at radius 2 is 2.00 bits per heavy atom. The zero-order chi connectivity index (χ0) is 17.0. The van der Waals surface area contributed by atoms with Crippen molar-refractivity contribution in [1.29, 1.82) is 0 Å². The standard InChI is InChI=1S/C15H22N2O5S/c1-11-9-17(10-12(2)22-11)23(20,21)14-5-3-4-13(8-14)15(19)16-6-7-18/h3-5,8,11-12,18H,6-7,9-10H2,1-2H3,(H,16,19)/t11-,12-/m1/s1. The maximum atomic E-state index is 12.8. The Morgan fingerprint density at radius 3 is 2.61 bits per heavy atom. The number of amides is 1. The largest absolute Gasteiger partial charge is 0.395 e. The van der Waals surface area contributed by atoms with Crippen LogP contribution in [0.15, 0.2) is 29.2 Å². The lowest BCUT2D eigenvalue weighted by Crippen LogP contribution is -2.48. The van der Waals surface area contributed by atoms with Gasteiger partial charge >= 0.3 is 0 Å². The van der Waals surface area contributed by atoms with Crippen LogP contribution in [0.1, 0.15) is 24.2 Å². The summed E-state index contributed by atoms with van der Waals surface area (Å²) in [6.45, 7) is 4.18. The van der Waals surface area contributed by atoms with Gasteiger partial charge in [-0.25, -0.2) is 8.42 Å². The third-order valence-corrected chi connectivity index (χ3v) is 5.35. The molecule has 0 aromatic heterocycles. The van der Waals surface area contributed by atoms with E-state index in [1.165, 1.54) is 28.6 Å². The number of aliphatic hydroxyl groups is 1. The minimum Gasteiger partial charge on any atom is -0.395 e. The predicted octanol–water partition coefficient (Wildman–Crippen LogP) is 0.207. The van der Waals surface area contributed by atoms with E-state index in [0.29, 0.717) is 0 Å². The van der Waals surface area contributed by atoms with Crippen molar-refractivity contribution in [3.8, 4) is 0 Å². The number of sulfonamides is 1. The van der Waals surface area contributed by atoms with Crippen molar-refractivity contribution in [2.75, 3.05) is 26.2 Å². The molecule has 1 saturated heterocycles. The molecule has 1 amide bonds. The normalized spacial score (nSPS) is 22.7. The van der Waals surface area contributed by atoms with Crippen molar-refractivity contribution >= 4 is 15.9 Å². The van der Waals surface area contributed by atoms with E-state index >= 15 is 0 Å². The zero-order valence-electron chi connectivity index (χ0n) is 13.2. The number of benzene rings is 1. The summed E-state index contributed by atoms with van der Waals surface area (Å²) < 4.78 is 32.5. The summed E-state index contributed by atoms with van der Waals surface area (Å²) in [7, 11) is -3.68. The Labute approximate surface area is 136 Å². The minimum atomic E-state index is -3.68. The number of nitrogens with one attached hydrogen (secondary N) is 1. The fraction of sp³-hybridized carbons (Fsp3) is 0.533. The van der Waals surface area contributed by atoms with Crippen LogP contribution in [-0.2, 0) is 14.8 Å². The lowest BCUT2D eigenvalue weighted by Gasteiger charge is -2.34. The van der Waals surface area contributed by atoms with E-state index in [0.717, 1.165) is 0 Å².